The summed E-state index contributed by atoms with van der Waals surface area (Å²) in [6.07, 6.45) is -1.38. The Hall–Kier alpha value is -1.62. The van der Waals surface area contributed by atoms with Crippen LogP contribution in [0.3, 0.4) is 0 Å². The van der Waals surface area contributed by atoms with Gasteiger partial charge in [-0.2, -0.15) is 0 Å². The molecule has 1 rings (SSSR count). The zero-order valence-corrected chi connectivity index (χ0v) is 11.7. The SMILES string of the molecule is CN(CC(O)c1ccc(F)cc1)C(=O)OC(C)(C)C. The molecule has 0 saturated heterocycles. The van der Waals surface area contributed by atoms with E-state index in [1.165, 1.54) is 29.2 Å². The monoisotopic (exact) mass is 269 g/mol. The zero-order chi connectivity index (χ0) is 14.6. The van der Waals surface area contributed by atoms with E-state index in [-0.39, 0.29) is 12.4 Å². The van der Waals surface area contributed by atoms with Gasteiger partial charge >= 0.3 is 6.09 Å². The number of nitrogens with zero attached hydrogens (tertiary/aromatic N) is 1. The van der Waals surface area contributed by atoms with Gasteiger partial charge in [0.25, 0.3) is 0 Å². The molecule has 1 N–H and O–H groups in total. The van der Waals surface area contributed by atoms with Gasteiger partial charge in [0.05, 0.1) is 12.6 Å². The van der Waals surface area contributed by atoms with Gasteiger partial charge in [-0.25, -0.2) is 9.18 Å². The molecule has 0 aliphatic heterocycles. The highest BCUT2D eigenvalue weighted by molar-refractivity contribution is 5.67. The van der Waals surface area contributed by atoms with Crippen molar-refractivity contribution in [2.45, 2.75) is 32.5 Å². The highest BCUT2D eigenvalue weighted by Crippen LogP contribution is 2.16. The van der Waals surface area contributed by atoms with Crippen molar-refractivity contribution in [1.29, 1.82) is 0 Å². The fourth-order valence-corrected chi connectivity index (χ4v) is 1.46. The third-order valence-corrected chi connectivity index (χ3v) is 2.41. The number of carbonyl (C=O) groups excluding carboxylic acids is 1. The summed E-state index contributed by atoms with van der Waals surface area (Å²) in [5.41, 5.74) is -0.0246. The Morgan fingerprint density at radius 2 is 1.89 bits per heavy atom. The number of likely N-dealkylation sites (N-methyl/N-ethyl adjacent to an activating group) is 1. The molecule has 0 aliphatic carbocycles. The molecule has 19 heavy (non-hydrogen) atoms. The molecule has 0 saturated carbocycles. The number of aliphatic hydroxyl groups is 1. The van der Waals surface area contributed by atoms with Gasteiger partial charge < -0.3 is 14.7 Å². The second kappa shape index (κ2) is 6.02. The minimum absolute atomic E-state index is 0.0839. The lowest BCUT2D eigenvalue weighted by molar-refractivity contribution is 0.0205. The Balaban J connectivity index is 2.59. The number of benzene rings is 1. The summed E-state index contributed by atoms with van der Waals surface area (Å²) in [6.45, 7) is 5.40. The number of ether oxygens (including phenoxy) is 1. The lowest BCUT2D eigenvalue weighted by Crippen LogP contribution is -2.36. The van der Waals surface area contributed by atoms with Crippen molar-refractivity contribution in [1.82, 2.24) is 4.90 Å². The summed E-state index contributed by atoms with van der Waals surface area (Å²) < 4.78 is 17.9. The molecule has 0 aliphatic rings. The number of halogens is 1. The van der Waals surface area contributed by atoms with Gasteiger partial charge in [0.15, 0.2) is 0 Å². The standard InChI is InChI=1S/C14H20FNO3/c1-14(2,3)19-13(18)16(4)9-12(17)10-5-7-11(15)8-6-10/h5-8,12,17H,9H2,1-4H3. The summed E-state index contributed by atoms with van der Waals surface area (Å²) >= 11 is 0. The van der Waals surface area contributed by atoms with E-state index in [0.29, 0.717) is 5.56 Å². The number of hydrogen-bond acceptors (Lipinski definition) is 3. The highest BCUT2D eigenvalue weighted by atomic mass is 19.1. The van der Waals surface area contributed by atoms with Crippen LogP contribution >= 0.6 is 0 Å². The molecule has 0 fully saturated rings. The summed E-state index contributed by atoms with van der Waals surface area (Å²) in [7, 11) is 1.54. The van der Waals surface area contributed by atoms with Crippen LogP contribution in [0.1, 0.15) is 32.4 Å². The van der Waals surface area contributed by atoms with Crippen LogP contribution in [0.4, 0.5) is 9.18 Å². The molecule has 106 valence electrons. The largest absolute Gasteiger partial charge is 0.444 e. The van der Waals surface area contributed by atoms with Crippen LogP contribution in [0, 0.1) is 5.82 Å². The predicted molar refractivity (Wildman–Crippen MR) is 70.2 cm³/mol. The van der Waals surface area contributed by atoms with Crippen LogP contribution in [0.5, 0.6) is 0 Å². The second-order valence-electron chi connectivity index (χ2n) is 5.43. The fourth-order valence-electron chi connectivity index (χ4n) is 1.46. The predicted octanol–water partition coefficient (Wildman–Crippen LogP) is 2.73. The minimum atomic E-state index is -0.877. The van der Waals surface area contributed by atoms with Gasteiger partial charge in [0, 0.05) is 7.05 Å². The molecule has 0 heterocycles. The third kappa shape index (κ3) is 5.26. The summed E-state index contributed by atoms with van der Waals surface area (Å²) in [5, 5.41) is 9.96. The molecule has 4 nitrogen and oxygen atoms in total. The van der Waals surface area contributed by atoms with E-state index in [9.17, 15) is 14.3 Å². The van der Waals surface area contributed by atoms with E-state index in [1.54, 1.807) is 27.8 Å². The Bertz CT molecular complexity index is 425. The number of rotatable bonds is 3. The van der Waals surface area contributed by atoms with E-state index in [1.807, 2.05) is 0 Å². The Kier molecular flexibility index (Phi) is 4.89. The molecular weight excluding hydrogens is 249 g/mol. The van der Waals surface area contributed by atoms with Crippen molar-refractivity contribution in [3.05, 3.63) is 35.6 Å². The maximum Gasteiger partial charge on any atom is 0.410 e. The smallest absolute Gasteiger partial charge is 0.410 e. The van der Waals surface area contributed by atoms with Gasteiger partial charge in [-0.05, 0) is 38.5 Å². The lowest BCUT2D eigenvalue weighted by Gasteiger charge is -2.26. The van der Waals surface area contributed by atoms with Gasteiger partial charge in [0.1, 0.15) is 11.4 Å². The first-order chi connectivity index (χ1) is 8.69. The van der Waals surface area contributed by atoms with E-state index >= 15 is 0 Å². The fraction of sp³-hybridized carbons (Fsp3) is 0.500. The molecule has 1 amide bonds. The normalized spacial score (nSPS) is 12.9. The molecule has 1 atom stereocenters. The topological polar surface area (TPSA) is 49.8 Å². The summed E-state index contributed by atoms with van der Waals surface area (Å²) in [6, 6.07) is 5.52. The molecule has 0 aromatic heterocycles. The molecule has 1 unspecified atom stereocenters. The van der Waals surface area contributed by atoms with Gasteiger partial charge in [-0.1, -0.05) is 12.1 Å². The Morgan fingerprint density at radius 1 is 1.37 bits per heavy atom. The van der Waals surface area contributed by atoms with Gasteiger partial charge in [-0.15, -0.1) is 0 Å². The first-order valence-electron chi connectivity index (χ1n) is 6.06. The maximum atomic E-state index is 12.8. The number of carbonyl (C=O) groups is 1. The number of hydrogen-bond donors (Lipinski definition) is 1. The minimum Gasteiger partial charge on any atom is -0.444 e. The average molecular weight is 269 g/mol. The van der Waals surface area contributed by atoms with E-state index in [4.69, 9.17) is 4.74 Å². The summed E-state index contributed by atoms with van der Waals surface area (Å²) in [4.78, 5) is 13.0. The van der Waals surface area contributed by atoms with E-state index in [2.05, 4.69) is 0 Å². The first-order valence-corrected chi connectivity index (χ1v) is 6.06. The van der Waals surface area contributed by atoms with E-state index in [0.717, 1.165) is 0 Å². The van der Waals surface area contributed by atoms with Crippen molar-refractivity contribution < 1.29 is 19.0 Å². The maximum absolute atomic E-state index is 12.8. The van der Waals surface area contributed by atoms with Crippen molar-refractivity contribution in [3.8, 4) is 0 Å². The molecular formula is C14H20FNO3. The van der Waals surface area contributed by atoms with Crippen molar-refractivity contribution in [3.63, 3.8) is 0 Å². The molecule has 5 heteroatoms. The van der Waals surface area contributed by atoms with Crippen LogP contribution in [0.25, 0.3) is 0 Å². The lowest BCUT2D eigenvalue weighted by atomic mass is 10.1. The summed E-state index contributed by atoms with van der Waals surface area (Å²) in [5.74, 6) is -0.364. The quantitative estimate of drug-likeness (QED) is 0.918. The molecule has 0 bridgehead atoms. The van der Waals surface area contributed by atoms with Crippen LogP contribution in [-0.4, -0.2) is 35.3 Å². The molecule has 0 radical (unpaired) electrons. The van der Waals surface area contributed by atoms with Crippen LogP contribution in [-0.2, 0) is 4.74 Å². The van der Waals surface area contributed by atoms with Crippen LogP contribution in [0.2, 0.25) is 0 Å². The molecule has 1 aromatic carbocycles. The van der Waals surface area contributed by atoms with Crippen LogP contribution < -0.4 is 0 Å². The molecule has 1 aromatic rings. The van der Waals surface area contributed by atoms with Crippen molar-refractivity contribution in [2.24, 2.45) is 0 Å². The average Bonchev–Trinajstić information content (AvgIpc) is 2.27. The second-order valence-corrected chi connectivity index (χ2v) is 5.43. The van der Waals surface area contributed by atoms with Crippen molar-refractivity contribution in [2.75, 3.05) is 13.6 Å². The Labute approximate surface area is 112 Å². The van der Waals surface area contributed by atoms with Gasteiger partial charge in [-0.3, -0.25) is 0 Å². The van der Waals surface area contributed by atoms with Gasteiger partial charge in [0.2, 0.25) is 0 Å². The first kappa shape index (κ1) is 15.4. The number of aliphatic hydroxyl groups excluding tert-OH is 1. The molecule has 0 spiro atoms. The Morgan fingerprint density at radius 3 is 2.37 bits per heavy atom. The third-order valence-electron chi connectivity index (χ3n) is 2.41. The number of amides is 1. The van der Waals surface area contributed by atoms with Crippen LogP contribution in [0.15, 0.2) is 24.3 Å². The van der Waals surface area contributed by atoms with Crippen molar-refractivity contribution >= 4 is 6.09 Å². The van der Waals surface area contributed by atoms with E-state index < -0.39 is 17.8 Å². The highest BCUT2D eigenvalue weighted by Gasteiger charge is 2.21. The zero-order valence-electron chi connectivity index (χ0n) is 11.7.